The summed E-state index contributed by atoms with van der Waals surface area (Å²) in [7, 11) is 0. The molecule has 0 aliphatic heterocycles. The first kappa shape index (κ1) is 9.96. The Hall–Kier alpha value is -0.120. The van der Waals surface area contributed by atoms with Gasteiger partial charge in [0.05, 0.1) is 0 Å². The van der Waals surface area contributed by atoms with Crippen LogP contribution >= 0.6 is 22.6 Å². The highest BCUT2D eigenvalue weighted by Crippen LogP contribution is 2.19. The van der Waals surface area contributed by atoms with Crippen LogP contribution in [-0.2, 0) is 9.84 Å². The Morgan fingerprint density at radius 1 is 1.33 bits per heavy atom. The molecule has 1 aromatic heterocycles. The van der Waals surface area contributed by atoms with E-state index in [0.717, 1.165) is 10.1 Å². The molecule has 0 saturated carbocycles. The average Bonchev–Trinajstić information content (AvgIpc) is 2.03. The summed E-state index contributed by atoms with van der Waals surface area (Å²) in [6, 6.07) is 4.27. The smallest absolute Gasteiger partial charge is 0.0457 e. The first-order chi connectivity index (χ1) is 5.54. The van der Waals surface area contributed by atoms with Crippen molar-refractivity contribution in [3.8, 4) is 0 Å². The molecule has 0 saturated heterocycles. The van der Waals surface area contributed by atoms with Crippen LogP contribution in [0.1, 0.15) is 32.0 Å². The lowest BCUT2D eigenvalue weighted by Gasteiger charge is -2.17. The van der Waals surface area contributed by atoms with Gasteiger partial charge in [0.1, 0.15) is 0 Å². The third kappa shape index (κ3) is 2.44. The molecule has 1 rings (SSSR count). The molecule has 0 aromatic carbocycles. The topological polar surface area (TPSA) is 12.9 Å². The van der Waals surface area contributed by atoms with E-state index in [0.29, 0.717) is 0 Å². The summed E-state index contributed by atoms with van der Waals surface area (Å²) in [5.74, 6) is 0. The van der Waals surface area contributed by atoms with E-state index >= 15 is 0 Å². The molecule has 0 radical (unpaired) electrons. The molecule has 2 heteroatoms. The molecule has 0 fully saturated rings. The van der Waals surface area contributed by atoms with Gasteiger partial charge in [-0.15, -0.1) is 0 Å². The molecule has 1 heterocycles. The fraction of sp³-hybridized carbons (Fsp3) is 0.500. The highest BCUT2D eigenvalue weighted by atomic mass is 127. The van der Waals surface area contributed by atoms with E-state index in [9.17, 15) is 0 Å². The van der Waals surface area contributed by atoms with E-state index in [2.05, 4.69) is 60.5 Å². The zero-order valence-electron chi connectivity index (χ0n) is 7.76. The van der Waals surface area contributed by atoms with Gasteiger partial charge in [0.2, 0.25) is 0 Å². The maximum absolute atomic E-state index is 4.42. The predicted molar refractivity (Wildman–Crippen MR) is 60.7 cm³/mol. The van der Waals surface area contributed by atoms with Crippen LogP contribution in [0.3, 0.4) is 0 Å². The quantitative estimate of drug-likeness (QED) is 0.566. The van der Waals surface area contributed by atoms with E-state index in [1.807, 2.05) is 6.20 Å². The highest BCUT2D eigenvalue weighted by molar-refractivity contribution is 14.1. The Morgan fingerprint density at radius 2 is 2.00 bits per heavy atom. The number of rotatable bonds is 1. The predicted octanol–water partition coefficient (Wildman–Crippen LogP) is 3.31. The third-order valence-corrected chi connectivity index (χ3v) is 2.63. The number of pyridine rings is 1. The van der Waals surface area contributed by atoms with E-state index in [1.165, 1.54) is 5.56 Å². The average molecular weight is 275 g/mol. The lowest BCUT2D eigenvalue weighted by molar-refractivity contribution is 0.568. The molecule has 1 aromatic rings. The Balaban J connectivity index is 2.93. The van der Waals surface area contributed by atoms with Gasteiger partial charge in [0.25, 0.3) is 0 Å². The number of aromatic nitrogens is 1. The van der Waals surface area contributed by atoms with Crippen molar-refractivity contribution in [3.05, 3.63) is 29.6 Å². The molecule has 0 N–H and O–H groups in total. The molecule has 0 aliphatic rings. The second-order valence-electron chi connectivity index (χ2n) is 3.94. The largest absolute Gasteiger partial charge is 0.260 e. The van der Waals surface area contributed by atoms with Crippen molar-refractivity contribution >= 4 is 22.6 Å². The molecule has 0 bridgehead atoms. The molecule has 0 amide bonds. The zero-order chi connectivity index (χ0) is 9.19. The van der Waals surface area contributed by atoms with Crippen LogP contribution in [0, 0.1) is 0 Å². The van der Waals surface area contributed by atoms with Gasteiger partial charge in [0, 0.05) is 21.7 Å². The van der Waals surface area contributed by atoms with E-state index in [4.69, 9.17) is 0 Å². The summed E-state index contributed by atoms with van der Waals surface area (Å²) in [6.45, 7) is 6.54. The van der Waals surface area contributed by atoms with Crippen LogP contribution in [-0.4, -0.2) is 4.98 Å². The molecule has 0 unspecified atom stereocenters. The Morgan fingerprint density at radius 3 is 2.33 bits per heavy atom. The monoisotopic (exact) mass is 275 g/mol. The normalized spacial score (nSPS) is 11.7. The number of hydrogen-bond donors (Lipinski definition) is 0. The third-order valence-electron chi connectivity index (χ3n) is 1.75. The summed E-state index contributed by atoms with van der Waals surface area (Å²) in [5.41, 5.74) is 2.63. The molecular formula is C10H14IN. The summed E-state index contributed by atoms with van der Waals surface area (Å²) in [5, 5.41) is 0. The molecule has 0 atom stereocenters. The Bertz CT molecular complexity index is 246. The summed E-state index contributed by atoms with van der Waals surface area (Å²) >= 11 is 2.35. The summed E-state index contributed by atoms with van der Waals surface area (Å²) in [4.78, 5) is 4.42. The maximum Gasteiger partial charge on any atom is 0.0457 e. The van der Waals surface area contributed by atoms with Crippen LogP contribution in [0.15, 0.2) is 18.3 Å². The molecule has 66 valence electrons. The van der Waals surface area contributed by atoms with Crippen LogP contribution in [0.5, 0.6) is 0 Å². The molecule has 1 nitrogen and oxygen atoms in total. The fourth-order valence-electron chi connectivity index (χ4n) is 0.947. The number of hydrogen-bond acceptors (Lipinski definition) is 1. The van der Waals surface area contributed by atoms with Crippen molar-refractivity contribution in [3.63, 3.8) is 0 Å². The number of alkyl halides is 1. The number of halogens is 1. The number of nitrogens with zero attached hydrogens (tertiary/aromatic N) is 1. The first-order valence-corrected chi connectivity index (χ1v) is 5.58. The van der Waals surface area contributed by atoms with Crippen molar-refractivity contribution in [1.82, 2.24) is 4.98 Å². The Kier molecular flexibility index (Phi) is 3.09. The fourth-order valence-corrected chi connectivity index (χ4v) is 1.40. The summed E-state index contributed by atoms with van der Waals surface area (Å²) < 4.78 is 1.04. The van der Waals surface area contributed by atoms with Gasteiger partial charge in [-0.05, 0) is 11.6 Å². The highest BCUT2D eigenvalue weighted by Gasteiger charge is 2.14. The molecule has 0 aliphatic carbocycles. The standard InChI is InChI=1S/C10H14IN/c1-10(2,3)9-5-4-8(6-11)7-12-9/h4-5,7H,6H2,1-3H3. The Labute approximate surface area is 87.7 Å². The lowest BCUT2D eigenvalue weighted by Crippen LogP contribution is -2.13. The first-order valence-electron chi connectivity index (χ1n) is 4.05. The van der Waals surface area contributed by atoms with E-state index in [-0.39, 0.29) is 5.41 Å². The van der Waals surface area contributed by atoms with Crippen LogP contribution in [0.2, 0.25) is 0 Å². The maximum atomic E-state index is 4.42. The molecule has 0 spiro atoms. The van der Waals surface area contributed by atoms with Crippen molar-refractivity contribution in [2.45, 2.75) is 30.6 Å². The van der Waals surface area contributed by atoms with Crippen LogP contribution in [0.25, 0.3) is 0 Å². The van der Waals surface area contributed by atoms with Gasteiger partial charge in [-0.25, -0.2) is 0 Å². The van der Waals surface area contributed by atoms with Crippen molar-refractivity contribution in [2.24, 2.45) is 0 Å². The second-order valence-corrected chi connectivity index (χ2v) is 4.70. The van der Waals surface area contributed by atoms with Gasteiger partial charge in [-0.3, -0.25) is 4.98 Å². The molecular weight excluding hydrogens is 261 g/mol. The van der Waals surface area contributed by atoms with Crippen molar-refractivity contribution in [2.75, 3.05) is 0 Å². The van der Waals surface area contributed by atoms with Gasteiger partial charge in [-0.1, -0.05) is 49.4 Å². The van der Waals surface area contributed by atoms with E-state index < -0.39 is 0 Å². The second kappa shape index (κ2) is 3.73. The van der Waals surface area contributed by atoms with Gasteiger partial charge < -0.3 is 0 Å². The zero-order valence-corrected chi connectivity index (χ0v) is 9.92. The lowest BCUT2D eigenvalue weighted by atomic mass is 9.91. The van der Waals surface area contributed by atoms with Gasteiger partial charge in [-0.2, -0.15) is 0 Å². The minimum Gasteiger partial charge on any atom is -0.260 e. The minimum atomic E-state index is 0.170. The minimum absolute atomic E-state index is 0.170. The van der Waals surface area contributed by atoms with Crippen LogP contribution in [0.4, 0.5) is 0 Å². The molecule has 12 heavy (non-hydrogen) atoms. The van der Waals surface area contributed by atoms with Crippen molar-refractivity contribution < 1.29 is 0 Å². The van der Waals surface area contributed by atoms with E-state index in [1.54, 1.807) is 0 Å². The van der Waals surface area contributed by atoms with Gasteiger partial charge >= 0.3 is 0 Å². The van der Waals surface area contributed by atoms with Crippen molar-refractivity contribution in [1.29, 1.82) is 0 Å². The summed E-state index contributed by atoms with van der Waals surface area (Å²) in [6.07, 6.45) is 1.97. The SMILES string of the molecule is CC(C)(C)c1ccc(CI)cn1. The van der Waals surface area contributed by atoms with Crippen LogP contribution < -0.4 is 0 Å². The van der Waals surface area contributed by atoms with Gasteiger partial charge in [0.15, 0.2) is 0 Å².